The lowest BCUT2D eigenvalue weighted by Crippen LogP contribution is -2.29. The lowest BCUT2D eigenvalue weighted by molar-refractivity contribution is -0.115. The smallest absolute Gasteiger partial charge is 0.246 e. The van der Waals surface area contributed by atoms with Crippen LogP contribution in [0.3, 0.4) is 0 Å². The van der Waals surface area contributed by atoms with Crippen molar-refractivity contribution >= 4 is 11.6 Å². The van der Waals surface area contributed by atoms with Crippen molar-refractivity contribution < 1.29 is 14.3 Å². The van der Waals surface area contributed by atoms with Gasteiger partial charge in [0.05, 0.1) is 6.54 Å². The monoisotopic (exact) mass is 264 g/mol. The van der Waals surface area contributed by atoms with Crippen molar-refractivity contribution in [3.05, 3.63) is 18.2 Å². The molecule has 0 unspecified atom stereocenters. The van der Waals surface area contributed by atoms with Gasteiger partial charge in [0, 0.05) is 25.6 Å². The van der Waals surface area contributed by atoms with Gasteiger partial charge < -0.3 is 20.1 Å². The van der Waals surface area contributed by atoms with Crippen molar-refractivity contribution in [3.63, 3.8) is 0 Å². The first-order chi connectivity index (χ1) is 9.00. The Kier molecular flexibility index (Phi) is 3.95. The third kappa shape index (κ3) is 3.61. The molecule has 1 aliphatic heterocycles. The fourth-order valence-corrected chi connectivity index (χ4v) is 1.88. The van der Waals surface area contributed by atoms with Crippen molar-refractivity contribution in [1.29, 1.82) is 0 Å². The van der Waals surface area contributed by atoms with Crippen molar-refractivity contribution in [2.24, 2.45) is 0 Å². The number of benzene rings is 1. The number of fused-ring (bicyclic) bond motifs is 1. The van der Waals surface area contributed by atoms with Crippen molar-refractivity contribution in [2.45, 2.75) is 33.0 Å². The molecule has 0 fully saturated rings. The topological polar surface area (TPSA) is 59.6 Å². The number of rotatable bonds is 5. The number of amides is 1. The molecular formula is C14H20N2O3. The number of ether oxygens (including phenoxy) is 2. The Labute approximate surface area is 113 Å². The van der Waals surface area contributed by atoms with E-state index in [0.29, 0.717) is 23.7 Å². The van der Waals surface area contributed by atoms with Gasteiger partial charge in [-0.3, -0.25) is 4.79 Å². The average molecular weight is 264 g/mol. The van der Waals surface area contributed by atoms with E-state index in [4.69, 9.17) is 9.47 Å². The summed E-state index contributed by atoms with van der Waals surface area (Å²) in [4.78, 5) is 11.7. The zero-order chi connectivity index (χ0) is 13.9. The molecule has 104 valence electrons. The second-order valence-electron chi connectivity index (χ2n) is 4.99. The van der Waals surface area contributed by atoms with E-state index in [1.165, 1.54) is 0 Å². The SMILES string of the molecule is CCCNCC(=O)Nc1ccc2c(c1)OC(C)(C)O2. The van der Waals surface area contributed by atoms with Gasteiger partial charge in [-0.1, -0.05) is 6.92 Å². The molecule has 2 rings (SSSR count). The second-order valence-corrected chi connectivity index (χ2v) is 4.99. The quantitative estimate of drug-likeness (QED) is 0.800. The van der Waals surface area contributed by atoms with Crippen LogP contribution in [-0.2, 0) is 4.79 Å². The first-order valence-corrected chi connectivity index (χ1v) is 6.53. The number of carbonyl (C=O) groups excluding carboxylic acids is 1. The lowest BCUT2D eigenvalue weighted by atomic mass is 10.3. The predicted molar refractivity (Wildman–Crippen MR) is 73.6 cm³/mol. The predicted octanol–water partition coefficient (Wildman–Crippen LogP) is 2.13. The number of hydrogen-bond donors (Lipinski definition) is 2. The van der Waals surface area contributed by atoms with E-state index < -0.39 is 5.79 Å². The Morgan fingerprint density at radius 1 is 1.26 bits per heavy atom. The van der Waals surface area contributed by atoms with Crippen molar-refractivity contribution in [2.75, 3.05) is 18.4 Å². The van der Waals surface area contributed by atoms with Gasteiger partial charge in [-0.05, 0) is 25.1 Å². The van der Waals surface area contributed by atoms with Crippen LogP contribution in [0.4, 0.5) is 5.69 Å². The number of nitrogens with one attached hydrogen (secondary N) is 2. The molecule has 0 aromatic heterocycles. The molecule has 0 atom stereocenters. The fraction of sp³-hybridized carbons (Fsp3) is 0.500. The maximum absolute atomic E-state index is 11.7. The van der Waals surface area contributed by atoms with E-state index in [9.17, 15) is 4.79 Å². The molecule has 0 aliphatic carbocycles. The highest BCUT2D eigenvalue weighted by atomic mass is 16.7. The number of anilines is 1. The van der Waals surface area contributed by atoms with Crippen LogP contribution >= 0.6 is 0 Å². The lowest BCUT2D eigenvalue weighted by Gasteiger charge is -2.16. The minimum atomic E-state index is -0.645. The summed E-state index contributed by atoms with van der Waals surface area (Å²) in [6.45, 7) is 6.90. The van der Waals surface area contributed by atoms with Crippen molar-refractivity contribution in [1.82, 2.24) is 5.32 Å². The molecule has 0 saturated heterocycles. The third-order valence-corrected chi connectivity index (χ3v) is 2.65. The minimum Gasteiger partial charge on any atom is -0.449 e. The minimum absolute atomic E-state index is 0.0634. The molecule has 19 heavy (non-hydrogen) atoms. The maximum Gasteiger partial charge on any atom is 0.246 e. The Morgan fingerprint density at radius 2 is 2.00 bits per heavy atom. The molecule has 1 heterocycles. The van der Waals surface area contributed by atoms with Gasteiger partial charge in [-0.2, -0.15) is 0 Å². The summed E-state index contributed by atoms with van der Waals surface area (Å²) >= 11 is 0. The molecule has 2 N–H and O–H groups in total. The van der Waals surface area contributed by atoms with E-state index >= 15 is 0 Å². The van der Waals surface area contributed by atoms with Crippen LogP contribution < -0.4 is 20.1 Å². The highest BCUT2D eigenvalue weighted by molar-refractivity contribution is 5.92. The molecule has 1 amide bonds. The van der Waals surface area contributed by atoms with Crippen LogP contribution in [0, 0.1) is 0 Å². The Bertz CT molecular complexity index is 472. The van der Waals surface area contributed by atoms with E-state index in [2.05, 4.69) is 17.6 Å². The van der Waals surface area contributed by atoms with Crippen LogP contribution in [-0.4, -0.2) is 24.8 Å². The van der Waals surface area contributed by atoms with E-state index in [0.717, 1.165) is 13.0 Å². The second kappa shape index (κ2) is 5.48. The highest BCUT2D eigenvalue weighted by Crippen LogP contribution is 2.40. The zero-order valence-electron chi connectivity index (χ0n) is 11.6. The Balaban J connectivity index is 1.95. The standard InChI is InChI=1S/C14H20N2O3/c1-4-7-15-9-13(17)16-10-5-6-11-12(8-10)19-14(2,3)18-11/h5-6,8,15H,4,7,9H2,1-3H3,(H,16,17). The summed E-state index contributed by atoms with van der Waals surface area (Å²) in [5, 5.41) is 5.87. The average Bonchev–Trinajstić information content (AvgIpc) is 2.62. The fourth-order valence-electron chi connectivity index (χ4n) is 1.88. The van der Waals surface area contributed by atoms with Gasteiger partial charge in [0.15, 0.2) is 11.5 Å². The summed E-state index contributed by atoms with van der Waals surface area (Å²) in [6, 6.07) is 5.39. The van der Waals surface area contributed by atoms with Crippen LogP contribution in [0.15, 0.2) is 18.2 Å². The first kappa shape index (κ1) is 13.7. The molecule has 0 radical (unpaired) electrons. The van der Waals surface area contributed by atoms with E-state index in [1.807, 2.05) is 13.8 Å². The highest BCUT2D eigenvalue weighted by Gasteiger charge is 2.31. The third-order valence-electron chi connectivity index (χ3n) is 2.65. The van der Waals surface area contributed by atoms with Crippen LogP contribution in [0.1, 0.15) is 27.2 Å². The number of carbonyl (C=O) groups is 1. The molecule has 5 heteroatoms. The van der Waals surface area contributed by atoms with Gasteiger partial charge in [-0.15, -0.1) is 0 Å². The summed E-state index contributed by atoms with van der Waals surface area (Å²) < 4.78 is 11.2. The Hall–Kier alpha value is -1.75. The molecular weight excluding hydrogens is 244 g/mol. The summed E-state index contributed by atoms with van der Waals surface area (Å²) in [5.74, 6) is 0.649. The normalized spacial score (nSPS) is 15.3. The van der Waals surface area contributed by atoms with Gasteiger partial charge in [0.25, 0.3) is 0 Å². The number of hydrogen-bond acceptors (Lipinski definition) is 4. The zero-order valence-corrected chi connectivity index (χ0v) is 11.6. The Morgan fingerprint density at radius 3 is 2.74 bits per heavy atom. The van der Waals surface area contributed by atoms with Gasteiger partial charge in [0.1, 0.15) is 0 Å². The van der Waals surface area contributed by atoms with Gasteiger partial charge >= 0.3 is 0 Å². The first-order valence-electron chi connectivity index (χ1n) is 6.53. The molecule has 1 aromatic rings. The van der Waals surface area contributed by atoms with Crippen LogP contribution in [0.2, 0.25) is 0 Å². The molecule has 0 saturated carbocycles. The van der Waals surface area contributed by atoms with Gasteiger partial charge in [-0.25, -0.2) is 0 Å². The largest absolute Gasteiger partial charge is 0.449 e. The molecule has 1 aliphatic rings. The summed E-state index contributed by atoms with van der Waals surface area (Å²) in [6.07, 6.45) is 1.01. The van der Waals surface area contributed by atoms with Crippen molar-refractivity contribution in [3.8, 4) is 11.5 Å². The molecule has 1 aromatic carbocycles. The van der Waals surface area contributed by atoms with Crippen LogP contribution in [0.5, 0.6) is 11.5 Å². The maximum atomic E-state index is 11.7. The molecule has 5 nitrogen and oxygen atoms in total. The summed E-state index contributed by atoms with van der Waals surface area (Å²) in [7, 11) is 0. The van der Waals surface area contributed by atoms with E-state index in [1.54, 1.807) is 18.2 Å². The van der Waals surface area contributed by atoms with Gasteiger partial charge in [0.2, 0.25) is 11.7 Å². The van der Waals surface area contributed by atoms with E-state index in [-0.39, 0.29) is 5.91 Å². The molecule has 0 spiro atoms. The molecule has 0 bridgehead atoms. The van der Waals surface area contributed by atoms with Crippen LogP contribution in [0.25, 0.3) is 0 Å². The summed E-state index contributed by atoms with van der Waals surface area (Å²) in [5.41, 5.74) is 0.711.